The Morgan fingerprint density at radius 1 is 1.33 bits per heavy atom. The molecule has 7 heteroatoms. The Labute approximate surface area is 162 Å². The maximum atomic E-state index is 12.0. The van der Waals surface area contributed by atoms with Crippen molar-refractivity contribution >= 4 is 11.9 Å². The number of amides is 1. The minimum absolute atomic E-state index is 0.163. The van der Waals surface area contributed by atoms with Crippen LogP contribution >= 0.6 is 0 Å². The molecule has 1 saturated heterocycles. The van der Waals surface area contributed by atoms with Crippen LogP contribution in [0, 0.1) is 0 Å². The Balaban J connectivity index is 1.48. The van der Waals surface area contributed by atoms with Gasteiger partial charge < -0.3 is 20.0 Å². The maximum Gasteiger partial charge on any atom is 0.234 e. The molecule has 27 heavy (non-hydrogen) atoms. The highest BCUT2D eigenvalue weighted by Gasteiger charge is 2.26. The predicted octanol–water partition coefficient (Wildman–Crippen LogP) is 1.46. The van der Waals surface area contributed by atoms with Gasteiger partial charge in [-0.25, -0.2) is 0 Å². The third-order valence-corrected chi connectivity index (χ3v) is 5.17. The number of nitrogens with one attached hydrogen (secondary N) is 2. The summed E-state index contributed by atoms with van der Waals surface area (Å²) in [6.45, 7) is 9.12. The first-order chi connectivity index (χ1) is 13.1. The number of piperazine rings is 1. The average molecular weight is 376 g/mol. The van der Waals surface area contributed by atoms with E-state index in [0.717, 1.165) is 63.6 Å². The summed E-state index contributed by atoms with van der Waals surface area (Å²) >= 11 is 0. The van der Waals surface area contributed by atoms with Crippen molar-refractivity contribution in [1.82, 2.24) is 20.4 Å². The molecule has 0 bridgehead atoms. The second-order valence-electron chi connectivity index (χ2n) is 7.59. The Morgan fingerprint density at radius 2 is 2.11 bits per heavy atom. The molecule has 1 atom stereocenters. The Hall–Kier alpha value is -2.02. The first kappa shape index (κ1) is 19.7. The topological polar surface area (TPSA) is 73.1 Å². The van der Waals surface area contributed by atoms with Gasteiger partial charge in [-0.1, -0.05) is 6.92 Å². The lowest BCUT2D eigenvalue weighted by Gasteiger charge is -2.37. The smallest absolute Gasteiger partial charge is 0.234 e. The molecular formula is C20H33N5O2. The van der Waals surface area contributed by atoms with E-state index >= 15 is 0 Å². The van der Waals surface area contributed by atoms with Crippen LogP contribution in [0.5, 0.6) is 0 Å². The van der Waals surface area contributed by atoms with Gasteiger partial charge in [0.2, 0.25) is 5.91 Å². The lowest BCUT2D eigenvalue weighted by molar-refractivity contribution is -0.122. The lowest BCUT2D eigenvalue weighted by atomic mass is 10.2. The number of nitrogens with zero attached hydrogens (tertiary/aromatic N) is 3. The number of carbonyl (C=O) groups excluding carboxylic acids is 1. The average Bonchev–Trinajstić information content (AvgIpc) is 3.32. The largest absolute Gasteiger partial charge is 0.469 e. The van der Waals surface area contributed by atoms with Crippen LogP contribution in [0.3, 0.4) is 0 Å². The minimum Gasteiger partial charge on any atom is -0.469 e. The van der Waals surface area contributed by atoms with E-state index in [1.54, 1.807) is 6.26 Å². The van der Waals surface area contributed by atoms with Gasteiger partial charge in [0.25, 0.3) is 0 Å². The van der Waals surface area contributed by atoms with Crippen molar-refractivity contribution < 1.29 is 9.21 Å². The van der Waals surface area contributed by atoms with Gasteiger partial charge in [-0.05, 0) is 38.3 Å². The lowest BCUT2D eigenvalue weighted by Crippen LogP contribution is -2.55. The molecule has 2 fully saturated rings. The highest BCUT2D eigenvalue weighted by molar-refractivity contribution is 5.81. The van der Waals surface area contributed by atoms with E-state index in [1.807, 2.05) is 12.1 Å². The Kier molecular flexibility index (Phi) is 7.15. The standard InChI is InChI=1S/C20H33N5O2/c1-3-16(2)22-20(21-9-8-18-5-4-14-27-18)25-12-10-24(11-13-25)15-19(26)23-17-6-7-17/h4-5,14,16-17H,3,6-13,15H2,1-2H3,(H,21,22)(H,23,26). The molecule has 1 aliphatic heterocycles. The van der Waals surface area contributed by atoms with Gasteiger partial charge in [0, 0.05) is 51.2 Å². The fourth-order valence-corrected chi connectivity index (χ4v) is 3.11. The zero-order valence-electron chi connectivity index (χ0n) is 16.6. The SMILES string of the molecule is CCC(C)NC(=NCCc1ccco1)N1CCN(CC(=O)NC2CC2)CC1. The maximum absolute atomic E-state index is 12.0. The van der Waals surface area contributed by atoms with Crippen LogP contribution in [-0.4, -0.2) is 73.0 Å². The molecule has 1 aromatic rings. The van der Waals surface area contributed by atoms with Crippen molar-refractivity contribution in [3.05, 3.63) is 24.2 Å². The van der Waals surface area contributed by atoms with E-state index < -0.39 is 0 Å². The van der Waals surface area contributed by atoms with Crippen LogP contribution in [-0.2, 0) is 11.2 Å². The Morgan fingerprint density at radius 3 is 2.74 bits per heavy atom. The van der Waals surface area contributed by atoms with Gasteiger partial charge in [-0.15, -0.1) is 0 Å². The normalized spacial score (nSPS) is 19.8. The summed E-state index contributed by atoms with van der Waals surface area (Å²) in [5, 5.41) is 6.62. The second-order valence-corrected chi connectivity index (χ2v) is 7.59. The zero-order valence-corrected chi connectivity index (χ0v) is 16.6. The van der Waals surface area contributed by atoms with E-state index in [-0.39, 0.29) is 5.91 Å². The van der Waals surface area contributed by atoms with E-state index in [1.165, 1.54) is 0 Å². The molecule has 0 radical (unpaired) electrons. The monoisotopic (exact) mass is 375 g/mol. The molecule has 7 nitrogen and oxygen atoms in total. The van der Waals surface area contributed by atoms with Crippen LogP contribution in [0.15, 0.2) is 27.8 Å². The fraction of sp³-hybridized carbons (Fsp3) is 0.700. The molecular weight excluding hydrogens is 342 g/mol. The Bertz CT molecular complexity index is 604. The summed E-state index contributed by atoms with van der Waals surface area (Å²) in [6.07, 6.45) is 5.84. The minimum atomic E-state index is 0.163. The number of hydrogen-bond acceptors (Lipinski definition) is 4. The second kappa shape index (κ2) is 9.78. The van der Waals surface area contributed by atoms with Gasteiger partial charge in [0.1, 0.15) is 5.76 Å². The molecule has 1 unspecified atom stereocenters. The van der Waals surface area contributed by atoms with E-state index in [9.17, 15) is 4.79 Å². The molecule has 1 aliphatic carbocycles. The van der Waals surface area contributed by atoms with Gasteiger partial charge in [0.15, 0.2) is 5.96 Å². The summed E-state index contributed by atoms with van der Waals surface area (Å²) in [4.78, 5) is 21.4. The van der Waals surface area contributed by atoms with Crippen LogP contribution < -0.4 is 10.6 Å². The third kappa shape index (κ3) is 6.57. The number of guanidine groups is 1. The number of hydrogen-bond donors (Lipinski definition) is 2. The van der Waals surface area contributed by atoms with Crippen molar-refractivity contribution in [1.29, 1.82) is 0 Å². The van der Waals surface area contributed by atoms with Crippen LogP contribution in [0.2, 0.25) is 0 Å². The molecule has 2 heterocycles. The van der Waals surface area contributed by atoms with Crippen molar-refractivity contribution in [3.8, 4) is 0 Å². The van der Waals surface area contributed by atoms with Gasteiger partial charge in [0.05, 0.1) is 12.8 Å². The van der Waals surface area contributed by atoms with Crippen molar-refractivity contribution in [2.45, 2.75) is 51.6 Å². The summed E-state index contributed by atoms with van der Waals surface area (Å²) < 4.78 is 5.40. The number of rotatable bonds is 8. The summed E-state index contributed by atoms with van der Waals surface area (Å²) in [5.41, 5.74) is 0. The molecule has 1 saturated carbocycles. The quantitative estimate of drug-likeness (QED) is 0.532. The first-order valence-corrected chi connectivity index (χ1v) is 10.2. The molecule has 3 rings (SSSR count). The van der Waals surface area contributed by atoms with Crippen molar-refractivity contribution in [3.63, 3.8) is 0 Å². The predicted molar refractivity (Wildman–Crippen MR) is 107 cm³/mol. The number of furan rings is 1. The fourth-order valence-electron chi connectivity index (χ4n) is 3.11. The molecule has 2 N–H and O–H groups in total. The van der Waals surface area contributed by atoms with Crippen LogP contribution in [0.1, 0.15) is 38.9 Å². The van der Waals surface area contributed by atoms with Gasteiger partial charge in [-0.2, -0.15) is 0 Å². The molecule has 150 valence electrons. The summed E-state index contributed by atoms with van der Waals surface area (Å²) in [7, 11) is 0. The zero-order chi connectivity index (χ0) is 19.1. The first-order valence-electron chi connectivity index (χ1n) is 10.2. The van der Waals surface area contributed by atoms with Gasteiger partial charge in [-0.3, -0.25) is 14.7 Å². The molecule has 0 spiro atoms. The number of carbonyl (C=O) groups is 1. The molecule has 1 aromatic heterocycles. The van der Waals surface area contributed by atoms with E-state index in [0.29, 0.717) is 25.2 Å². The molecule has 0 aromatic carbocycles. The van der Waals surface area contributed by atoms with E-state index in [2.05, 4.69) is 34.3 Å². The van der Waals surface area contributed by atoms with E-state index in [4.69, 9.17) is 9.41 Å². The van der Waals surface area contributed by atoms with Gasteiger partial charge >= 0.3 is 0 Å². The summed E-state index contributed by atoms with van der Waals surface area (Å²) in [6, 6.07) is 4.72. The number of aliphatic imine (C=N–C) groups is 1. The van der Waals surface area contributed by atoms with Crippen LogP contribution in [0.4, 0.5) is 0 Å². The van der Waals surface area contributed by atoms with Crippen molar-refractivity contribution in [2.75, 3.05) is 39.3 Å². The molecule has 1 amide bonds. The third-order valence-electron chi connectivity index (χ3n) is 5.17. The highest BCUT2D eigenvalue weighted by atomic mass is 16.3. The summed E-state index contributed by atoms with van der Waals surface area (Å²) in [5.74, 6) is 2.10. The van der Waals surface area contributed by atoms with Crippen molar-refractivity contribution in [2.24, 2.45) is 4.99 Å². The van der Waals surface area contributed by atoms with Crippen LogP contribution in [0.25, 0.3) is 0 Å². The molecule has 2 aliphatic rings. The highest BCUT2D eigenvalue weighted by Crippen LogP contribution is 2.18.